The van der Waals surface area contributed by atoms with Crippen LogP contribution in [0.4, 0.5) is 13.2 Å². The minimum Gasteiger partial charge on any atom is -0.488 e. The summed E-state index contributed by atoms with van der Waals surface area (Å²) in [7, 11) is 0. The molecule has 0 radical (unpaired) electrons. The highest BCUT2D eigenvalue weighted by molar-refractivity contribution is 5.87. The first kappa shape index (κ1) is 19.9. The third-order valence-corrected chi connectivity index (χ3v) is 5.79. The van der Waals surface area contributed by atoms with Gasteiger partial charge >= 0.3 is 6.18 Å². The molecule has 0 aliphatic carbocycles. The van der Waals surface area contributed by atoms with Gasteiger partial charge in [-0.2, -0.15) is 13.2 Å². The van der Waals surface area contributed by atoms with Gasteiger partial charge in [0.15, 0.2) is 0 Å². The predicted octanol–water partition coefficient (Wildman–Crippen LogP) is 3.72. The molecule has 5 nitrogen and oxygen atoms in total. The van der Waals surface area contributed by atoms with Crippen molar-refractivity contribution in [2.45, 2.75) is 44.5 Å². The fourth-order valence-electron chi connectivity index (χ4n) is 4.28. The van der Waals surface area contributed by atoms with E-state index in [-0.39, 0.29) is 17.5 Å². The number of hydrogen-bond donors (Lipinski definition) is 0. The average Bonchev–Trinajstić information content (AvgIpc) is 3.29. The molecule has 0 bridgehead atoms. The van der Waals surface area contributed by atoms with Crippen molar-refractivity contribution in [1.29, 1.82) is 0 Å². The van der Waals surface area contributed by atoms with E-state index in [2.05, 4.69) is 16.8 Å². The van der Waals surface area contributed by atoms with Crippen molar-refractivity contribution < 1.29 is 22.7 Å². The van der Waals surface area contributed by atoms with Crippen LogP contribution in [0.3, 0.4) is 0 Å². The smallest absolute Gasteiger partial charge is 0.418 e. The third-order valence-electron chi connectivity index (χ3n) is 5.79. The van der Waals surface area contributed by atoms with Crippen LogP contribution in [0, 0.1) is 0 Å². The summed E-state index contributed by atoms with van der Waals surface area (Å²) in [5.41, 5.74) is -0.871. The Labute approximate surface area is 167 Å². The maximum Gasteiger partial charge on any atom is 0.418 e. The normalized spacial score (nSPS) is 23.1. The number of carbonyl (C=O) groups excluding carboxylic acids is 1. The van der Waals surface area contributed by atoms with Crippen LogP contribution in [0.25, 0.3) is 10.9 Å². The van der Waals surface area contributed by atoms with E-state index in [9.17, 15) is 18.0 Å². The van der Waals surface area contributed by atoms with E-state index in [4.69, 9.17) is 4.74 Å². The van der Waals surface area contributed by atoms with Crippen molar-refractivity contribution >= 4 is 16.8 Å². The molecule has 1 aromatic carbocycles. The van der Waals surface area contributed by atoms with Gasteiger partial charge in [-0.1, -0.05) is 6.07 Å². The van der Waals surface area contributed by atoms with E-state index < -0.39 is 11.7 Å². The quantitative estimate of drug-likeness (QED) is 0.775. The molecule has 2 aliphatic rings. The van der Waals surface area contributed by atoms with Gasteiger partial charge in [0.25, 0.3) is 0 Å². The van der Waals surface area contributed by atoms with Gasteiger partial charge in [0.1, 0.15) is 11.9 Å². The number of likely N-dealkylation sites (tertiary alicyclic amines) is 2. The van der Waals surface area contributed by atoms with E-state index in [0.717, 1.165) is 38.4 Å². The van der Waals surface area contributed by atoms with Gasteiger partial charge < -0.3 is 9.64 Å². The van der Waals surface area contributed by atoms with Gasteiger partial charge in [0, 0.05) is 37.3 Å². The maximum atomic E-state index is 13.3. The third kappa shape index (κ3) is 4.17. The lowest BCUT2D eigenvalue weighted by Crippen LogP contribution is -2.41. The summed E-state index contributed by atoms with van der Waals surface area (Å²) in [4.78, 5) is 20.4. The van der Waals surface area contributed by atoms with Crippen molar-refractivity contribution in [2.24, 2.45) is 0 Å². The summed E-state index contributed by atoms with van der Waals surface area (Å²) in [6.07, 6.45) is -0.467. The molecule has 2 aliphatic heterocycles. The topological polar surface area (TPSA) is 45.7 Å². The number of para-hydroxylation sites is 1. The number of rotatable bonds is 4. The Morgan fingerprint density at radius 1 is 1.24 bits per heavy atom. The summed E-state index contributed by atoms with van der Waals surface area (Å²) in [5, 5.41) is 0.350. The summed E-state index contributed by atoms with van der Waals surface area (Å²) in [5.74, 6) is 0.535. The lowest BCUT2D eigenvalue weighted by atomic mass is 10.1. The first-order valence-electron chi connectivity index (χ1n) is 9.96. The molecule has 156 valence electrons. The minimum absolute atomic E-state index is 0.106. The molecule has 0 spiro atoms. The summed E-state index contributed by atoms with van der Waals surface area (Å²) >= 11 is 0. The second-order valence-electron chi connectivity index (χ2n) is 7.85. The minimum atomic E-state index is -4.47. The highest BCUT2D eigenvalue weighted by Crippen LogP contribution is 2.36. The number of ether oxygens (including phenoxy) is 1. The van der Waals surface area contributed by atoms with Gasteiger partial charge in [-0.15, -0.1) is 0 Å². The van der Waals surface area contributed by atoms with Gasteiger partial charge in [-0.05, 0) is 44.4 Å². The SMILES string of the molecule is C[C@@H]1CCCN1C(=O)CN1CC[C@H](Oc2ccnc3c(C(F)(F)F)cccc23)C1. The number of carbonyl (C=O) groups is 1. The van der Waals surface area contributed by atoms with E-state index in [1.807, 2.05) is 4.90 Å². The lowest BCUT2D eigenvalue weighted by Gasteiger charge is -2.24. The number of pyridine rings is 1. The Morgan fingerprint density at radius 3 is 2.79 bits per heavy atom. The zero-order valence-electron chi connectivity index (χ0n) is 16.3. The first-order chi connectivity index (χ1) is 13.8. The Bertz CT molecular complexity index is 902. The molecule has 2 atom stereocenters. The zero-order valence-corrected chi connectivity index (χ0v) is 16.3. The van der Waals surface area contributed by atoms with Gasteiger partial charge in [-0.25, -0.2) is 0 Å². The number of halogens is 3. The highest BCUT2D eigenvalue weighted by Gasteiger charge is 2.34. The number of fused-ring (bicyclic) bond motifs is 1. The van der Waals surface area contributed by atoms with Crippen LogP contribution in [0.2, 0.25) is 0 Å². The predicted molar refractivity (Wildman–Crippen MR) is 103 cm³/mol. The van der Waals surface area contributed by atoms with Gasteiger partial charge in [-0.3, -0.25) is 14.7 Å². The summed E-state index contributed by atoms with van der Waals surface area (Å²) in [6.45, 7) is 4.56. The number of benzene rings is 1. The fourth-order valence-corrected chi connectivity index (χ4v) is 4.28. The molecule has 1 aromatic heterocycles. The van der Waals surface area contributed by atoms with Crippen molar-refractivity contribution in [2.75, 3.05) is 26.2 Å². The molecule has 3 heterocycles. The van der Waals surface area contributed by atoms with Crippen molar-refractivity contribution in [3.63, 3.8) is 0 Å². The largest absolute Gasteiger partial charge is 0.488 e. The number of alkyl halides is 3. The molecule has 0 unspecified atom stereocenters. The summed E-state index contributed by atoms with van der Waals surface area (Å²) < 4.78 is 45.8. The molecule has 8 heteroatoms. The highest BCUT2D eigenvalue weighted by atomic mass is 19.4. The van der Waals surface area contributed by atoms with Crippen molar-refractivity contribution in [1.82, 2.24) is 14.8 Å². The standard InChI is InChI=1S/C21H24F3N3O2/c1-14-4-3-10-27(14)19(28)13-26-11-8-15(12-26)29-18-7-9-25-20-16(18)5-2-6-17(20)21(22,23)24/h2,5-7,9,14-15H,3-4,8,10-13H2,1H3/t14-,15+/m1/s1. The molecule has 29 heavy (non-hydrogen) atoms. The maximum absolute atomic E-state index is 13.3. The molecule has 1 amide bonds. The van der Waals surface area contributed by atoms with Crippen LogP contribution in [-0.2, 0) is 11.0 Å². The van der Waals surface area contributed by atoms with E-state index >= 15 is 0 Å². The Kier molecular flexibility index (Phi) is 5.38. The number of amides is 1. The second-order valence-corrected chi connectivity index (χ2v) is 7.85. The molecule has 4 rings (SSSR count). The number of aromatic nitrogens is 1. The number of nitrogens with zero attached hydrogens (tertiary/aromatic N) is 3. The van der Waals surface area contributed by atoms with Gasteiger partial charge in [0.2, 0.25) is 5.91 Å². The van der Waals surface area contributed by atoms with E-state index in [0.29, 0.717) is 30.3 Å². The lowest BCUT2D eigenvalue weighted by molar-refractivity contribution is -0.136. The van der Waals surface area contributed by atoms with Crippen LogP contribution in [-0.4, -0.2) is 59.0 Å². The number of hydrogen-bond acceptors (Lipinski definition) is 4. The molecule has 0 N–H and O–H groups in total. The van der Waals surface area contributed by atoms with Crippen LogP contribution >= 0.6 is 0 Å². The van der Waals surface area contributed by atoms with Crippen LogP contribution in [0.15, 0.2) is 30.5 Å². The van der Waals surface area contributed by atoms with Crippen molar-refractivity contribution in [3.8, 4) is 5.75 Å². The molecule has 0 saturated carbocycles. The van der Waals surface area contributed by atoms with Crippen LogP contribution in [0.5, 0.6) is 5.75 Å². The molecular formula is C21H24F3N3O2. The van der Waals surface area contributed by atoms with E-state index in [1.165, 1.54) is 12.3 Å². The van der Waals surface area contributed by atoms with Crippen LogP contribution < -0.4 is 4.74 Å². The van der Waals surface area contributed by atoms with Gasteiger partial charge in [0.05, 0.1) is 17.6 Å². The molecular weight excluding hydrogens is 383 g/mol. The second kappa shape index (κ2) is 7.82. The summed E-state index contributed by atoms with van der Waals surface area (Å²) in [6, 6.07) is 5.89. The van der Waals surface area contributed by atoms with Crippen molar-refractivity contribution in [3.05, 3.63) is 36.0 Å². The first-order valence-corrected chi connectivity index (χ1v) is 9.96. The average molecular weight is 407 g/mol. The van der Waals surface area contributed by atoms with E-state index in [1.54, 1.807) is 12.1 Å². The fraction of sp³-hybridized carbons (Fsp3) is 0.524. The molecule has 2 saturated heterocycles. The Morgan fingerprint density at radius 2 is 2.07 bits per heavy atom. The monoisotopic (exact) mass is 407 g/mol. The molecule has 2 fully saturated rings. The van der Waals surface area contributed by atoms with Crippen LogP contribution in [0.1, 0.15) is 31.7 Å². The zero-order chi connectivity index (χ0) is 20.6. The Balaban J connectivity index is 1.44. The Hall–Kier alpha value is -2.35. The molecule has 2 aromatic rings.